The number of rotatable bonds is 2. The van der Waals surface area contributed by atoms with Gasteiger partial charge in [0.2, 0.25) is 0 Å². The molecule has 1 saturated heterocycles. The molecule has 1 rings (SSSR count). The molecule has 0 amide bonds. The number of hydrogen-bond donors (Lipinski definition) is 1. The van der Waals surface area contributed by atoms with Crippen LogP contribution in [0.25, 0.3) is 0 Å². The van der Waals surface area contributed by atoms with E-state index in [1.54, 1.807) is 0 Å². The molecule has 1 heterocycles. The fourth-order valence-electron chi connectivity index (χ4n) is 1.57. The monoisotopic (exact) mass is 157 g/mol. The minimum Gasteiger partial charge on any atom is -0.377 e. The second-order valence-electron chi connectivity index (χ2n) is 3.84. The van der Waals surface area contributed by atoms with Gasteiger partial charge >= 0.3 is 0 Å². The van der Waals surface area contributed by atoms with Gasteiger partial charge in [-0.05, 0) is 25.2 Å². The average Bonchev–Trinajstić information content (AvgIpc) is 1.93. The molecule has 0 bridgehead atoms. The summed E-state index contributed by atoms with van der Waals surface area (Å²) in [5.74, 6) is 0.698. The molecule has 0 aromatic heterocycles. The first-order valence-electron chi connectivity index (χ1n) is 4.57. The second-order valence-corrected chi connectivity index (χ2v) is 3.84. The summed E-state index contributed by atoms with van der Waals surface area (Å²) in [6.45, 7) is 5.33. The first-order valence-corrected chi connectivity index (χ1v) is 4.57. The lowest BCUT2D eigenvalue weighted by Gasteiger charge is -2.30. The van der Waals surface area contributed by atoms with Crippen LogP contribution in [0.1, 0.15) is 33.1 Å². The predicted octanol–water partition coefficient (Wildman–Crippen LogP) is 1.54. The SMILES string of the molecule is CC(C)C[C@H]1OCCC[C@@H]1N. The van der Waals surface area contributed by atoms with Gasteiger partial charge in [-0.25, -0.2) is 0 Å². The molecule has 2 heteroatoms. The third-order valence-corrected chi connectivity index (χ3v) is 2.19. The molecular formula is C9H19NO. The van der Waals surface area contributed by atoms with E-state index >= 15 is 0 Å². The Hall–Kier alpha value is -0.0800. The van der Waals surface area contributed by atoms with E-state index in [-0.39, 0.29) is 6.04 Å². The fraction of sp³-hybridized carbons (Fsp3) is 1.00. The highest BCUT2D eigenvalue weighted by Gasteiger charge is 2.22. The Morgan fingerprint density at radius 2 is 2.27 bits per heavy atom. The Bertz CT molecular complexity index is 114. The summed E-state index contributed by atoms with van der Waals surface area (Å²) in [6, 6.07) is 0.283. The number of hydrogen-bond acceptors (Lipinski definition) is 2. The quantitative estimate of drug-likeness (QED) is 0.660. The smallest absolute Gasteiger partial charge is 0.0728 e. The Balaban J connectivity index is 2.29. The van der Waals surface area contributed by atoms with E-state index in [9.17, 15) is 0 Å². The Morgan fingerprint density at radius 1 is 1.55 bits per heavy atom. The van der Waals surface area contributed by atoms with Crippen molar-refractivity contribution in [2.24, 2.45) is 11.7 Å². The molecule has 2 atom stereocenters. The van der Waals surface area contributed by atoms with E-state index < -0.39 is 0 Å². The number of nitrogens with two attached hydrogens (primary N) is 1. The highest BCUT2D eigenvalue weighted by Crippen LogP contribution is 2.18. The van der Waals surface area contributed by atoms with Crippen LogP contribution in [0.5, 0.6) is 0 Å². The van der Waals surface area contributed by atoms with Crippen molar-refractivity contribution in [2.45, 2.75) is 45.3 Å². The van der Waals surface area contributed by atoms with Crippen LogP contribution in [0, 0.1) is 5.92 Å². The van der Waals surface area contributed by atoms with Crippen LogP contribution in [0.15, 0.2) is 0 Å². The van der Waals surface area contributed by atoms with Crippen LogP contribution in [-0.2, 0) is 4.74 Å². The summed E-state index contributed by atoms with van der Waals surface area (Å²) >= 11 is 0. The minimum absolute atomic E-state index is 0.283. The van der Waals surface area contributed by atoms with Gasteiger partial charge in [0.15, 0.2) is 0 Å². The zero-order valence-corrected chi connectivity index (χ0v) is 7.55. The van der Waals surface area contributed by atoms with Crippen molar-refractivity contribution < 1.29 is 4.74 Å². The first kappa shape index (κ1) is 9.01. The van der Waals surface area contributed by atoms with E-state index in [2.05, 4.69) is 13.8 Å². The van der Waals surface area contributed by atoms with Crippen LogP contribution in [0.2, 0.25) is 0 Å². The molecule has 66 valence electrons. The van der Waals surface area contributed by atoms with Crippen molar-refractivity contribution in [1.29, 1.82) is 0 Å². The molecule has 0 aliphatic carbocycles. The number of ether oxygens (including phenoxy) is 1. The maximum atomic E-state index is 5.90. The molecule has 2 N–H and O–H groups in total. The molecule has 0 radical (unpaired) electrons. The Labute approximate surface area is 69.1 Å². The molecule has 1 fully saturated rings. The van der Waals surface area contributed by atoms with Gasteiger partial charge in [-0.3, -0.25) is 0 Å². The highest BCUT2D eigenvalue weighted by atomic mass is 16.5. The van der Waals surface area contributed by atoms with Crippen LogP contribution in [-0.4, -0.2) is 18.8 Å². The van der Waals surface area contributed by atoms with Gasteiger partial charge in [-0.15, -0.1) is 0 Å². The maximum Gasteiger partial charge on any atom is 0.0728 e. The summed E-state index contributed by atoms with van der Waals surface area (Å²) in [7, 11) is 0. The van der Waals surface area contributed by atoms with E-state index in [1.165, 1.54) is 0 Å². The van der Waals surface area contributed by atoms with E-state index in [4.69, 9.17) is 10.5 Å². The zero-order valence-electron chi connectivity index (χ0n) is 7.55. The van der Waals surface area contributed by atoms with Crippen LogP contribution >= 0.6 is 0 Å². The first-order chi connectivity index (χ1) is 5.20. The average molecular weight is 157 g/mol. The van der Waals surface area contributed by atoms with Crippen molar-refractivity contribution in [3.63, 3.8) is 0 Å². The molecule has 0 saturated carbocycles. The van der Waals surface area contributed by atoms with Gasteiger partial charge in [0.05, 0.1) is 6.10 Å². The van der Waals surface area contributed by atoms with Gasteiger partial charge in [0, 0.05) is 12.6 Å². The van der Waals surface area contributed by atoms with Crippen molar-refractivity contribution in [3.8, 4) is 0 Å². The third-order valence-electron chi connectivity index (χ3n) is 2.19. The molecule has 11 heavy (non-hydrogen) atoms. The normalized spacial score (nSPS) is 32.7. The Kier molecular flexibility index (Phi) is 3.34. The molecule has 1 aliphatic heterocycles. The van der Waals surface area contributed by atoms with E-state index in [0.717, 1.165) is 25.9 Å². The highest BCUT2D eigenvalue weighted by molar-refractivity contribution is 4.77. The van der Waals surface area contributed by atoms with Gasteiger partial charge in [0.25, 0.3) is 0 Å². The van der Waals surface area contributed by atoms with Crippen molar-refractivity contribution >= 4 is 0 Å². The molecule has 2 nitrogen and oxygen atoms in total. The van der Waals surface area contributed by atoms with E-state index in [0.29, 0.717) is 12.0 Å². The molecular weight excluding hydrogens is 138 g/mol. The zero-order chi connectivity index (χ0) is 8.27. The van der Waals surface area contributed by atoms with Crippen LogP contribution in [0.4, 0.5) is 0 Å². The molecule has 1 aliphatic rings. The summed E-state index contributed by atoms with van der Waals surface area (Å²) in [5, 5.41) is 0. The van der Waals surface area contributed by atoms with Gasteiger partial charge in [-0.1, -0.05) is 13.8 Å². The fourth-order valence-corrected chi connectivity index (χ4v) is 1.57. The van der Waals surface area contributed by atoms with Crippen LogP contribution < -0.4 is 5.73 Å². The summed E-state index contributed by atoms with van der Waals surface area (Å²) in [4.78, 5) is 0. The lowest BCUT2D eigenvalue weighted by molar-refractivity contribution is -0.00983. The van der Waals surface area contributed by atoms with Gasteiger partial charge in [0.1, 0.15) is 0 Å². The van der Waals surface area contributed by atoms with Crippen molar-refractivity contribution in [3.05, 3.63) is 0 Å². The van der Waals surface area contributed by atoms with E-state index in [1.807, 2.05) is 0 Å². The van der Waals surface area contributed by atoms with Crippen molar-refractivity contribution in [2.75, 3.05) is 6.61 Å². The maximum absolute atomic E-state index is 5.90. The van der Waals surface area contributed by atoms with Crippen LogP contribution in [0.3, 0.4) is 0 Å². The molecule has 0 aromatic carbocycles. The van der Waals surface area contributed by atoms with Crippen molar-refractivity contribution in [1.82, 2.24) is 0 Å². The second kappa shape index (κ2) is 4.07. The van der Waals surface area contributed by atoms with Gasteiger partial charge in [-0.2, -0.15) is 0 Å². The third kappa shape index (κ3) is 2.80. The topological polar surface area (TPSA) is 35.2 Å². The predicted molar refractivity (Wildman–Crippen MR) is 46.4 cm³/mol. The molecule has 0 aromatic rings. The van der Waals surface area contributed by atoms with Gasteiger partial charge < -0.3 is 10.5 Å². The minimum atomic E-state index is 0.283. The lowest BCUT2D eigenvalue weighted by Crippen LogP contribution is -2.41. The molecule has 0 spiro atoms. The standard InChI is InChI=1S/C9H19NO/c1-7(2)6-9-8(10)4-3-5-11-9/h7-9H,3-6,10H2,1-2H3/t8-,9+/m0/s1. The molecule has 0 unspecified atom stereocenters. The lowest BCUT2D eigenvalue weighted by atomic mass is 9.96. The largest absolute Gasteiger partial charge is 0.377 e. The Morgan fingerprint density at radius 3 is 2.82 bits per heavy atom. The summed E-state index contributed by atoms with van der Waals surface area (Å²) < 4.78 is 5.58. The summed E-state index contributed by atoms with van der Waals surface area (Å²) in [5.41, 5.74) is 5.90. The summed E-state index contributed by atoms with van der Waals surface area (Å²) in [6.07, 6.45) is 3.71.